The smallest absolute Gasteiger partial charge is 0.191 e. The van der Waals surface area contributed by atoms with Crippen molar-refractivity contribution < 1.29 is 5.11 Å². The molecule has 0 aliphatic carbocycles. The Morgan fingerprint density at radius 1 is 1.19 bits per heavy atom. The molecule has 7 heteroatoms. The number of thiocarbonyl (C=S) groups is 1. The normalized spacial score (nSPS) is 10.6. The average Bonchev–Trinajstić information content (AvgIpc) is 2.42. The number of rotatable bonds is 3. The van der Waals surface area contributed by atoms with Crippen LogP contribution in [0.4, 0.5) is 5.69 Å². The number of anilines is 1. The van der Waals surface area contributed by atoms with Crippen molar-refractivity contribution in [3.05, 3.63) is 58.1 Å². The number of halogens is 2. The lowest BCUT2D eigenvalue weighted by Gasteiger charge is -2.08. The Balaban J connectivity index is 1.93. The van der Waals surface area contributed by atoms with E-state index in [1.165, 1.54) is 6.21 Å². The zero-order chi connectivity index (χ0) is 15.2. The van der Waals surface area contributed by atoms with Gasteiger partial charge >= 0.3 is 0 Å². The molecule has 0 radical (unpaired) electrons. The van der Waals surface area contributed by atoms with Gasteiger partial charge in [-0.2, -0.15) is 5.10 Å². The number of phenols is 1. The summed E-state index contributed by atoms with van der Waals surface area (Å²) in [6, 6.07) is 11.7. The number of hydrogen-bond acceptors (Lipinski definition) is 3. The second-order valence-electron chi connectivity index (χ2n) is 4.04. The van der Waals surface area contributed by atoms with Crippen LogP contribution in [-0.4, -0.2) is 16.4 Å². The molecular formula is C14H11Cl2N3OS. The van der Waals surface area contributed by atoms with Gasteiger partial charge in [-0.1, -0.05) is 35.3 Å². The van der Waals surface area contributed by atoms with Crippen LogP contribution in [-0.2, 0) is 0 Å². The number of phenolic OH excluding ortho intramolecular Hbond substituents is 1. The van der Waals surface area contributed by atoms with Crippen molar-refractivity contribution in [1.82, 2.24) is 5.43 Å². The van der Waals surface area contributed by atoms with Gasteiger partial charge in [-0.05, 0) is 48.1 Å². The van der Waals surface area contributed by atoms with E-state index < -0.39 is 0 Å². The van der Waals surface area contributed by atoms with E-state index >= 15 is 0 Å². The molecule has 0 spiro atoms. The zero-order valence-corrected chi connectivity index (χ0v) is 13.0. The molecule has 2 aromatic carbocycles. The molecule has 0 unspecified atom stereocenters. The minimum absolute atomic E-state index is 0.174. The first-order chi connectivity index (χ1) is 10.0. The van der Waals surface area contributed by atoms with Gasteiger partial charge in [0.25, 0.3) is 0 Å². The third-order valence-corrected chi connectivity index (χ3v) is 3.17. The topological polar surface area (TPSA) is 56.7 Å². The summed E-state index contributed by atoms with van der Waals surface area (Å²) in [5.41, 5.74) is 4.03. The highest BCUT2D eigenvalue weighted by Crippen LogP contribution is 2.25. The molecule has 2 aromatic rings. The molecule has 0 bridgehead atoms. The SMILES string of the molecule is Oc1cccc(C=NNC(=S)Nc2ccc(Cl)cc2Cl)c1. The molecule has 2 rings (SSSR count). The van der Waals surface area contributed by atoms with E-state index in [2.05, 4.69) is 15.8 Å². The van der Waals surface area contributed by atoms with Crippen LogP contribution < -0.4 is 10.7 Å². The van der Waals surface area contributed by atoms with Crippen molar-refractivity contribution in [2.45, 2.75) is 0 Å². The van der Waals surface area contributed by atoms with Gasteiger partial charge in [0.05, 0.1) is 16.9 Å². The molecule has 108 valence electrons. The molecule has 0 heterocycles. The monoisotopic (exact) mass is 339 g/mol. The number of hydrogen-bond donors (Lipinski definition) is 3. The molecule has 0 aliphatic rings. The van der Waals surface area contributed by atoms with Gasteiger partial charge in [0.1, 0.15) is 5.75 Å². The summed E-state index contributed by atoms with van der Waals surface area (Å²) in [6.07, 6.45) is 1.54. The molecule has 21 heavy (non-hydrogen) atoms. The van der Waals surface area contributed by atoms with E-state index in [0.717, 1.165) is 5.56 Å². The highest BCUT2D eigenvalue weighted by molar-refractivity contribution is 7.80. The Morgan fingerprint density at radius 3 is 2.71 bits per heavy atom. The van der Waals surface area contributed by atoms with Gasteiger partial charge in [-0.25, -0.2) is 0 Å². The van der Waals surface area contributed by atoms with Crippen molar-refractivity contribution in [3.63, 3.8) is 0 Å². The van der Waals surface area contributed by atoms with E-state index in [9.17, 15) is 5.11 Å². The molecule has 0 fully saturated rings. The number of benzene rings is 2. The van der Waals surface area contributed by atoms with Gasteiger partial charge in [0, 0.05) is 5.02 Å². The fourth-order valence-corrected chi connectivity index (χ4v) is 2.13. The third kappa shape index (κ3) is 4.90. The molecule has 0 aromatic heterocycles. The minimum Gasteiger partial charge on any atom is -0.508 e. The quantitative estimate of drug-likeness (QED) is 0.449. The van der Waals surface area contributed by atoms with Crippen molar-refractivity contribution in [2.24, 2.45) is 5.10 Å². The number of hydrazone groups is 1. The fraction of sp³-hybridized carbons (Fsp3) is 0. The minimum atomic E-state index is 0.174. The number of nitrogens with one attached hydrogen (secondary N) is 2. The van der Waals surface area contributed by atoms with Crippen molar-refractivity contribution in [3.8, 4) is 5.75 Å². The summed E-state index contributed by atoms with van der Waals surface area (Å²) < 4.78 is 0. The predicted molar refractivity (Wildman–Crippen MR) is 91.5 cm³/mol. The summed E-state index contributed by atoms with van der Waals surface area (Å²) in [4.78, 5) is 0. The second kappa shape index (κ2) is 7.26. The van der Waals surface area contributed by atoms with E-state index in [-0.39, 0.29) is 10.9 Å². The maximum Gasteiger partial charge on any atom is 0.191 e. The summed E-state index contributed by atoms with van der Waals surface area (Å²) in [7, 11) is 0. The summed E-state index contributed by atoms with van der Waals surface area (Å²) in [5, 5.41) is 17.5. The molecule has 0 amide bonds. The van der Waals surface area contributed by atoms with Crippen LogP contribution in [0.2, 0.25) is 10.0 Å². The average molecular weight is 340 g/mol. The summed E-state index contributed by atoms with van der Waals surface area (Å²) >= 11 is 16.9. The Morgan fingerprint density at radius 2 is 2.00 bits per heavy atom. The van der Waals surface area contributed by atoms with E-state index in [1.54, 1.807) is 42.5 Å². The van der Waals surface area contributed by atoms with Gasteiger partial charge in [-0.15, -0.1) is 0 Å². The fourth-order valence-electron chi connectivity index (χ4n) is 1.51. The van der Waals surface area contributed by atoms with Gasteiger partial charge in [0.2, 0.25) is 0 Å². The van der Waals surface area contributed by atoms with Crippen LogP contribution in [0.25, 0.3) is 0 Å². The van der Waals surface area contributed by atoms with Crippen LogP contribution in [0.3, 0.4) is 0 Å². The first-order valence-corrected chi connectivity index (χ1v) is 7.05. The molecule has 0 atom stereocenters. The Bertz CT molecular complexity index is 692. The van der Waals surface area contributed by atoms with E-state index in [0.29, 0.717) is 15.7 Å². The first-order valence-electron chi connectivity index (χ1n) is 5.89. The largest absolute Gasteiger partial charge is 0.508 e. The van der Waals surface area contributed by atoms with Gasteiger partial charge in [-0.3, -0.25) is 5.43 Å². The lowest BCUT2D eigenvalue weighted by Crippen LogP contribution is -2.24. The second-order valence-corrected chi connectivity index (χ2v) is 5.30. The Kier molecular flexibility index (Phi) is 5.38. The molecular weight excluding hydrogens is 329 g/mol. The van der Waals surface area contributed by atoms with Crippen LogP contribution in [0.15, 0.2) is 47.6 Å². The maximum absolute atomic E-state index is 9.32. The standard InChI is InChI=1S/C14H11Cl2N3OS/c15-10-4-5-13(12(16)7-10)18-14(21)19-17-8-9-2-1-3-11(20)6-9/h1-8,20H,(H2,18,19,21). The van der Waals surface area contributed by atoms with Crippen molar-refractivity contribution in [1.29, 1.82) is 0 Å². The highest BCUT2D eigenvalue weighted by atomic mass is 35.5. The number of aromatic hydroxyl groups is 1. The first kappa shape index (κ1) is 15.6. The van der Waals surface area contributed by atoms with Crippen molar-refractivity contribution in [2.75, 3.05) is 5.32 Å². The lowest BCUT2D eigenvalue weighted by molar-refractivity contribution is 0.475. The molecule has 0 aliphatic heterocycles. The highest BCUT2D eigenvalue weighted by Gasteiger charge is 2.02. The van der Waals surface area contributed by atoms with E-state index in [4.69, 9.17) is 35.4 Å². The summed E-state index contributed by atoms with van der Waals surface area (Å²) in [6.45, 7) is 0. The summed E-state index contributed by atoms with van der Waals surface area (Å²) in [5.74, 6) is 0.174. The van der Waals surface area contributed by atoms with Gasteiger partial charge < -0.3 is 10.4 Å². The van der Waals surface area contributed by atoms with Gasteiger partial charge in [0.15, 0.2) is 5.11 Å². The molecule has 0 saturated carbocycles. The van der Waals surface area contributed by atoms with Crippen molar-refractivity contribution >= 4 is 52.4 Å². The third-order valence-electron chi connectivity index (χ3n) is 2.43. The van der Waals surface area contributed by atoms with Crippen LogP contribution in [0, 0.1) is 0 Å². The molecule has 4 nitrogen and oxygen atoms in total. The van der Waals surface area contributed by atoms with Crippen LogP contribution in [0.5, 0.6) is 5.75 Å². The van der Waals surface area contributed by atoms with E-state index in [1.807, 2.05) is 0 Å². The zero-order valence-electron chi connectivity index (χ0n) is 10.7. The maximum atomic E-state index is 9.32. The Labute approximate surface area is 137 Å². The lowest BCUT2D eigenvalue weighted by atomic mass is 10.2. The van der Waals surface area contributed by atoms with Crippen LogP contribution in [0.1, 0.15) is 5.56 Å². The van der Waals surface area contributed by atoms with Crippen LogP contribution >= 0.6 is 35.4 Å². The Hall–Kier alpha value is -1.82. The number of nitrogens with zero attached hydrogens (tertiary/aromatic N) is 1. The molecule has 3 N–H and O–H groups in total. The predicted octanol–water partition coefficient (Wildman–Crippen LogP) is 4.02. The molecule has 0 saturated heterocycles.